The molecule has 78 valence electrons. The van der Waals surface area contributed by atoms with Gasteiger partial charge in [-0.05, 0) is 19.1 Å². The molecule has 2 rings (SSSR count). The SMILES string of the molecule is Cc1[nH]c2ccc(Cl)c(O)c2c1C(=O)O. The number of aromatic amines is 1. The van der Waals surface area contributed by atoms with Gasteiger partial charge in [0.15, 0.2) is 0 Å². The smallest absolute Gasteiger partial charge is 0.338 e. The number of halogens is 1. The number of hydrogen-bond acceptors (Lipinski definition) is 2. The molecule has 0 aliphatic rings. The minimum Gasteiger partial charge on any atom is -0.506 e. The number of aromatic hydroxyl groups is 1. The highest BCUT2D eigenvalue weighted by molar-refractivity contribution is 6.33. The highest BCUT2D eigenvalue weighted by atomic mass is 35.5. The summed E-state index contributed by atoms with van der Waals surface area (Å²) in [7, 11) is 0. The largest absolute Gasteiger partial charge is 0.506 e. The number of aromatic nitrogens is 1. The standard InChI is InChI=1S/C10H8ClNO3/c1-4-7(10(14)15)8-6(12-4)3-2-5(11)9(8)13/h2-3,12-13H,1H3,(H,14,15). The summed E-state index contributed by atoms with van der Waals surface area (Å²) in [4.78, 5) is 13.9. The highest BCUT2D eigenvalue weighted by Crippen LogP contribution is 2.35. The van der Waals surface area contributed by atoms with Crippen molar-refractivity contribution in [3.05, 3.63) is 28.4 Å². The molecule has 0 fully saturated rings. The van der Waals surface area contributed by atoms with Crippen molar-refractivity contribution in [1.82, 2.24) is 4.98 Å². The number of nitrogens with one attached hydrogen (secondary N) is 1. The molecule has 0 radical (unpaired) electrons. The van der Waals surface area contributed by atoms with Gasteiger partial charge in [0.25, 0.3) is 0 Å². The third-order valence-corrected chi connectivity index (χ3v) is 2.59. The molecule has 0 unspecified atom stereocenters. The van der Waals surface area contributed by atoms with Gasteiger partial charge in [-0.15, -0.1) is 0 Å². The topological polar surface area (TPSA) is 73.3 Å². The van der Waals surface area contributed by atoms with Crippen molar-refractivity contribution in [3.63, 3.8) is 0 Å². The van der Waals surface area contributed by atoms with Crippen molar-refractivity contribution in [3.8, 4) is 5.75 Å². The maximum absolute atomic E-state index is 11.0. The van der Waals surface area contributed by atoms with E-state index in [0.717, 1.165) is 0 Å². The maximum atomic E-state index is 11.0. The number of hydrogen-bond donors (Lipinski definition) is 3. The van der Waals surface area contributed by atoms with E-state index in [4.69, 9.17) is 16.7 Å². The summed E-state index contributed by atoms with van der Waals surface area (Å²) in [6, 6.07) is 3.15. The second-order valence-electron chi connectivity index (χ2n) is 3.25. The Kier molecular flexibility index (Phi) is 2.08. The Bertz CT molecular complexity index is 559. The fraction of sp³-hybridized carbons (Fsp3) is 0.100. The number of aryl methyl sites for hydroxylation is 1. The summed E-state index contributed by atoms with van der Waals surface area (Å²) in [5, 5.41) is 19.1. The highest BCUT2D eigenvalue weighted by Gasteiger charge is 2.19. The average Bonchev–Trinajstić information content (AvgIpc) is 2.49. The van der Waals surface area contributed by atoms with E-state index in [0.29, 0.717) is 11.2 Å². The predicted octanol–water partition coefficient (Wildman–Crippen LogP) is 2.53. The van der Waals surface area contributed by atoms with Gasteiger partial charge in [0.2, 0.25) is 0 Å². The Balaban J connectivity index is 2.96. The van der Waals surface area contributed by atoms with E-state index in [9.17, 15) is 9.90 Å². The summed E-state index contributed by atoms with van der Waals surface area (Å²) < 4.78 is 0. The average molecular weight is 226 g/mol. The Morgan fingerprint density at radius 1 is 1.47 bits per heavy atom. The summed E-state index contributed by atoms with van der Waals surface area (Å²) in [5.41, 5.74) is 1.12. The Morgan fingerprint density at radius 3 is 2.73 bits per heavy atom. The lowest BCUT2D eigenvalue weighted by Gasteiger charge is -1.99. The van der Waals surface area contributed by atoms with Crippen LogP contribution in [0, 0.1) is 6.92 Å². The lowest BCUT2D eigenvalue weighted by Crippen LogP contribution is -1.97. The molecule has 0 spiro atoms. The van der Waals surface area contributed by atoms with Gasteiger partial charge in [-0.2, -0.15) is 0 Å². The van der Waals surface area contributed by atoms with Crippen molar-refractivity contribution in [2.75, 3.05) is 0 Å². The van der Waals surface area contributed by atoms with Crippen molar-refractivity contribution in [2.45, 2.75) is 6.92 Å². The number of carboxylic acids is 1. The van der Waals surface area contributed by atoms with Gasteiger partial charge >= 0.3 is 5.97 Å². The van der Waals surface area contributed by atoms with Gasteiger partial charge in [-0.25, -0.2) is 4.79 Å². The molecular weight excluding hydrogens is 218 g/mol. The molecule has 0 aliphatic heterocycles. The minimum absolute atomic E-state index is 0.0602. The molecule has 0 saturated heterocycles. The number of carbonyl (C=O) groups is 1. The normalized spacial score (nSPS) is 10.8. The molecule has 0 atom stereocenters. The number of H-pyrrole nitrogens is 1. The molecule has 3 N–H and O–H groups in total. The zero-order chi connectivity index (χ0) is 11.2. The molecule has 1 aromatic heterocycles. The predicted molar refractivity (Wildman–Crippen MR) is 56.7 cm³/mol. The number of fused-ring (bicyclic) bond motifs is 1. The molecule has 4 nitrogen and oxygen atoms in total. The van der Waals surface area contributed by atoms with Crippen LogP contribution < -0.4 is 0 Å². The number of carboxylic acid groups (broad SMARTS) is 1. The van der Waals surface area contributed by atoms with Gasteiger partial charge in [0.1, 0.15) is 5.75 Å². The van der Waals surface area contributed by atoms with Crippen molar-refractivity contribution < 1.29 is 15.0 Å². The van der Waals surface area contributed by atoms with Crippen molar-refractivity contribution >= 4 is 28.5 Å². The number of benzene rings is 1. The van der Waals surface area contributed by atoms with Crippen LogP contribution in [0.25, 0.3) is 10.9 Å². The third kappa shape index (κ3) is 1.34. The van der Waals surface area contributed by atoms with Crippen LogP contribution in [-0.2, 0) is 0 Å². The van der Waals surface area contributed by atoms with E-state index >= 15 is 0 Å². The molecule has 0 aliphatic carbocycles. The van der Waals surface area contributed by atoms with E-state index in [1.807, 2.05) is 0 Å². The first-order chi connectivity index (χ1) is 7.02. The molecule has 0 saturated carbocycles. The van der Waals surface area contributed by atoms with Crippen LogP contribution in [0.1, 0.15) is 16.1 Å². The number of phenols is 1. The van der Waals surface area contributed by atoms with Gasteiger partial charge in [-0.1, -0.05) is 11.6 Å². The lowest BCUT2D eigenvalue weighted by atomic mass is 10.1. The quantitative estimate of drug-likeness (QED) is 0.698. The number of aromatic carboxylic acids is 1. The van der Waals surface area contributed by atoms with Crippen LogP contribution in [0.3, 0.4) is 0 Å². The van der Waals surface area contributed by atoms with Gasteiger partial charge < -0.3 is 15.2 Å². The molecule has 2 aromatic rings. The Labute approximate surface area is 90.1 Å². The minimum atomic E-state index is -1.09. The molecule has 15 heavy (non-hydrogen) atoms. The second-order valence-corrected chi connectivity index (χ2v) is 3.66. The van der Waals surface area contributed by atoms with Crippen LogP contribution in [0.2, 0.25) is 5.02 Å². The van der Waals surface area contributed by atoms with E-state index < -0.39 is 5.97 Å². The first-order valence-electron chi connectivity index (χ1n) is 4.25. The fourth-order valence-corrected chi connectivity index (χ4v) is 1.80. The summed E-state index contributed by atoms with van der Waals surface area (Å²) in [5.74, 6) is -1.28. The Hall–Kier alpha value is -1.68. The molecule has 0 bridgehead atoms. The van der Waals surface area contributed by atoms with Crippen LogP contribution in [0.15, 0.2) is 12.1 Å². The fourth-order valence-electron chi connectivity index (χ4n) is 1.64. The number of phenolic OH excluding ortho intramolecular Hbond substituents is 1. The summed E-state index contributed by atoms with van der Waals surface area (Å²) >= 11 is 5.72. The van der Waals surface area contributed by atoms with Crippen molar-refractivity contribution in [2.24, 2.45) is 0 Å². The van der Waals surface area contributed by atoms with E-state index in [1.54, 1.807) is 13.0 Å². The number of rotatable bonds is 1. The third-order valence-electron chi connectivity index (χ3n) is 2.29. The zero-order valence-electron chi connectivity index (χ0n) is 7.84. The molecular formula is C10H8ClNO3. The molecule has 5 heteroatoms. The molecule has 0 amide bonds. The Morgan fingerprint density at radius 2 is 2.13 bits per heavy atom. The zero-order valence-corrected chi connectivity index (χ0v) is 8.59. The first kappa shape index (κ1) is 9.86. The van der Waals surface area contributed by atoms with E-state index in [1.165, 1.54) is 6.07 Å². The van der Waals surface area contributed by atoms with E-state index in [2.05, 4.69) is 4.98 Å². The maximum Gasteiger partial charge on any atom is 0.338 e. The molecule has 1 aromatic carbocycles. The van der Waals surface area contributed by atoms with Crippen LogP contribution in [0.4, 0.5) is 0 Å². The summed E-state index contributed by atoms with van der Waals surface area (Å²) in [6.07, 6.45) is 0. The summed E-state index contributed by atoms with van der Waals surface area (Å²) in [6.45, 7) is 1.64. The van der Waals surface area contributed by atoms with Gasteiger partial charge in [0.05, 0.1) is 21.5 Å². The second kappa shape index (κ2) is 3.17. The lowest BCUT2D eigenvalue weighted by molar-refractivity contribution is 0.0698. The van der Waals surface area contributed by atoms with Crippen LogP contribution >= 0.6 is 11.6 Å². The van der Waals surface area contributed by atoms with Crippen molar-refractivity contribution in [1.29, 1.82) is 0 Å². The first-order valence-corrected chi connectivity index (χ1v) is 4.63. The molecule has 1 heterocycles. The van der Waals surface area contributed by atoms with Crippen LogP contribution in [-0.4, -0.2) is 21.2 Å². The van der Waals surface area contributed by atoms with Gasteiger partial charge in [-0.3, -0.25) is 0 Å². The van der Waals surface area contributed by atoms with E-state index in [-0.39, 0.29) is 21.7 Å². The monoisotopic (exact) mass is 225 g/mol. The van der Waals surface area contributed by atoms with Crippen LogP contribution in [0.5, 0.6) is 5.75 Å². The van der Waals surface area contributed by atoms with Gasteiger partial charge in [0, 0.05) is 5.69 Å².